The van der Waals surface area contributed by atoms with E-state index in [9.17, 15) is 19.5 Å². The highest BCUT2D eigenvalue weighted by Gasteiger charge is 2.38. The van der Waals surface area contributed by atoms with E-state index in [1.165, 1.54) is 0 Å². The fourth-order valence-electron chi connectivity index (χ4n) is 1.86. The smallest absolute Gasteiger partial charge is 0.329 e. The summed E-state index contributed by atoms with van der Waals surface area (Å²) >= 11 is 0. The molecule has 0 aromatic carbocycles. The van der Waals surface area contributed by atoms with Gasteiger partial charge in [-0.15, -0.1) is 0 Å². The topological polar surface area (TPSA) is 108 Å². The minimum Gasteiger partial charge on any atom is -0.480 e. The molecule has 1 rings (SSSR count). The molecule has 1 atom stereocenters. The first-order valence-corrected chi connectivity index (χ1v) is 6.00. The Morgan fingerprint density at radius 3 is 2.44 bits per heavy atom. The lowest BCUT2D eigenvalue weighted by Gasteiger charge is -2.31. The number of aliphatic carboxylic acids is 1. The number of carbonyl (C=O) groups excluding carboxylic acids is 2. The molecule has 1 unspecified atom stereocenters. The maximum Gasteiger partial charge on any atom is 0.329 e. The third-order valence-electron chi connectivity index (χ3n) is 3.31. The fraction of sp³-hybridized carbons (Fsp3) is 0.727. The first kappa shape index (κ1) is 14.4. The molecule has 0 aromatic heterocycles. The summed E-state index contributed by atoms with van der Waals surface area (Å²) in [5.74, 6) is -1.61. The molecule has 1 heterocycles. The number of carbonyl (C=O) groups is 3. The number of carboxylic acid groups (broad SMARTS) is 1. The van der Waals surface area contributed by atoms with Crippen LogP contribution in [-0.2, 0) is 14.4 Å². The van der Waals surface area contributed by atoms with Crippen LogP contribution < -0.4 is 16.0 Å². The Kier molecular flexibility index (Phi) is 4.66. The summed E-state index contributed by atoms with van der Waals surface area (Å²) in [5.41, 5.74) is -1.24. The minimum atomic E-state index is -1.24. The summed E-state index contributed by atoms with van der Waals surface area (Å²) in [6.45, 7) is 3.67. The molecule has 4 N–H and O–H groups in total. The average Bonchev–Trinajstić information content (AvgIpc) is 2.36. The van der Waals surface area contributed by atoms with Gasteiger partial charge in [-0.05, 0) is 12.8 Å². The predicted octanol–water partition coefficient (Wildman–Crippen LogP) is -1.17. The highest BCUT2D eigenvalue weighted by atomic mass is 16.4. The fourth-order valence-corrected chi connectivity index (χ4v) is 1.86. The molecule has 18 heavy (non-hydrogen) atoms. The van der Waals surface area contributed by atoms with Crippen molar-refractivity contribution in [2.75, 3.05) is 13.1 Å². The minimum absolute atomic E-state index is 0.0659. The van der Waals surface area contributed by atoms with Gasteiger partial charge >= 0.3 is 5.97 Å². The van der Waals surface area contributed by atoms with Crippen LogP contribution in [0.1, 0.15) is 26.7 Å². The van der Waals surface area contributed by atoms with Crippen LogP contribution in [0.5, 0.6) is 0 Å². The number of carboxylic acids is 1. The molecule has 0 radical (unpaired) electrons. The molecule has 1 saturated heterocycles. The lowest BCUT2D eigenvalue weighted by Crippen LogP contribution is -2.63. The van der Waals surface area contributed by atoms with E-state index in [0.29, 0.717) is 12.8 Å². The monoisotopic (exact) mass is 257 g/mol. The van der Waals surface area contributed by atoms with Crippen LogP contribution in [0.2, 0.25) is 0 Å². The second-order valence-corrected chi connectivity index (χ2v) is 4.32. The van der Waals surface area contributed by atoms with Crippen molar-refractivity contribution in [2.24, 2.45) is 0 Å². The van der Waals surface area contributed by atoms with Gasteiger partial charge in [0.15, 0.2) is 0 Å². The van der Waals surface area contributed by atoms with E-state index in [-0.39, 0.29) is 19.0 Å². The van der Waals surface area contributed by atoms with Gasteiger partial charge in [0.05, 0.1) is 6.54 Å². The van der Waals surface area contributed by atoms with Gasteiger partial charge in [-0.3, -0.25) is 14.9 Å². The molecule has 1 aliphatic heterocycles. The number of hydrogen-bond donors (Lipinski definition) is 4. The lowest BCUT2D eigenvalue weighted by atomic mass is 9.92. The number of rotatable bonds is 5. The van der Waals surface area contributed by atoms with Crippen molar-refractivity contribution in [3.63, 3.8) is 0 Å². The van der Waals surface area contributed by atoms with Crippen LogP contribution in [0, 0.1) is 0 Å². The van der Waals surface area contributed by atoms with E-state index in [0.717, 1.165) is 0 Å². The van der Waals surface area contributed by atoms with Gasteiger partial charge in [0.2, 0.25) is 11.8 Å². The lowest BCUT2D eigenvalue weighted by molar-refractivity contribution is -0.148. The number of amides is 2. The number of nitrogens with one attached hydrogen (secondary N) is 3. The van der Waals surface area contributed by atoms with Gasteiger partial charge in [-0.2, -0.15) is 0 Å². The molecule has 102 valence electrons. The van der Waals surface area contributed by atoms with Crippen molar-refractivity contribution in [1.29, 1.82) is 0 Å². The third-order valence-corrected chi connectivity index (χ3v) is 3.31. The zero-order valence-corrected chi connectivity index (χ0v) is 10.6. The van der Waals surface area contributed by atoms with Crippen LogP contribution in [0.4, 0.5) is 0 Å². The Labute approximate surface area is 105 Å². The summed E-state index contributed by atoms with van der Waals surface area (Å²) < 4.78 is 0. The van der Waals surface area contributed by atoms with Crippen molar-refractivity contribution < 1.29 is 19.5 Å². The molecule has 1 aliphatic rings. The summed E-state index contributed by atoms with van der Waals surface area (Å²) in [6, 6.07) is -0.584. The molecule has 1 fully saturated rings. The van der Waals surface area contributed by atoms with Crippen LogP contribution in [0.3, 0.4) is 0 Å². The standard InChI is InChI=1S/C11H19N3O4/c1-3-11(4-2,10(17)18)14-9(16)7-5-13-8(15)6-12-7/h7,12H,3-6H2,1-2H3,(H,13,15)(H,14,16)(H,17,18). The first-order chi connectivity index (χ1) is 8.45. The molecule has 7 nitrogen and oxygen atoms in total. The van der Waals surface area contributed by atoms with Crippen molar-refractivity contribution in [1.82, 2.24) is 16.0 Å². The van der Waals surface area contributed by atoms with Gasteiger partial charge in [-0.1, -0.05) is 13.8 Å². The number of piperazine rings is 1. The Balaban J connectivity index is 2.67. The maximum absolute atomic E-state index is 12.0. The molecular formula is C11H19N3O4. The molecule has 0 bridgehead atoms. The van der Waals surface area contributed by atoms with Gasteiger partial charge in [-0.25, -0.2) is 4.79 Å². The van der Waals surface area contributed by atoms with Crippen molar-refractivity contribution in [3.05, 3.63) is 0 Å². The second-order valence-electron chi connectivity index (χ2n) is 4.32. The first-order valence-electron chi connectivity index (χ1n) is 6.00. The highest BCUT2D eigenvalue weighted by Crippen LogP contribution is 2.15. The molecule has 0 saturated carbocycles. The Morgan fingerprint density at radius 1 is 1.44 bits per heavy atom. The van der Waals surface area contributed by atoms with Gasteiger partial charge in [0, 0.05) is 6.54 Å². The molecule has 0 spiro atoms. The zero-order chi connectivity index (χ0) is 13.8. The van der Waals surface area contributed by atoms with Crippen LogP contribution in [0.25, 0.3) is 0 Å². The second kappa shape index (κ2) is 5.81. The summed E-state index contributed by atoms with van der Waals surface area (Å²) in [7, 11) is 0. The van der Waals surface area contributed by atoms with Crippen molar-refractivity contribution >= 4 is 17.8 Å². The SMILES string of the molecule is CCC(CC)(NC(=O)C1CNC(=O)CN1)C(=O)O. The summed E-state index contributed by atoms with van der Waals surface area (Å²) in [4.78, 5) is 34.1. The van der Waals surface area contributed by atoms with E-state index in [1.54, 1.807) is 13.8 Å². The highest BCUT2D eigenvalue weighted by molar-refractivity contribution is 5.91. The van der Waals surface area contributed by atoms with Gasteiger partial charge in [0.25, 0.3) is 0 Å². The number of hydrogen-bond acceptors (Lipinski definition) is 4. The van der Waals surface area contributed by atoms with Crippen molar-refractivity contribution in [2.45, 2.75) is 38.3 Å². The maximum atomic E-state index is 12.0. The van der Waals surface area contributed by atoms with E-state index in [4.69, 9.17) is 0 Å². The molecule has 7 heteroatoms. The van der Waals surface area contributed by atoms with E-state index >= 15 is 0 Å². The van der Waals surface area contributed by atoms with E-state index < -0.39 is 23.5 Å². The molecule has 0 aliphatic carbocycles. The summed E-state index contributed by atoms with van der Waals surface area (Å²) in [6.07, 6.45) is 0.618. The Hall–Kier alpha value is -1.63. The summed E-state index contributed by atoms with van der Waals surface area (Å²) in [5, 5.41) is 17.1. The van der Waals surface area contributed by atoms with Crippen molar-refractivity contribution in [3.8, 4) is 0 Å². The normalized spacial score (nSPS) is 20.1. The quantitative estimate of drug-likeness (QED) is 0.496. The third kappa shape index (κ3) is 2.98. The average molecular weight is 257 g/mol. The van der Waals surface area contributed by atoms with Crippen LogP contribution in [-0.4, -0.2) is 47.6 Å². The van der Waals surface area contributed by atoms with E-state index in [1.807, 2.05) is 0 Å². The molecular weight excluding hydrogens is 238 g/mol. The van der Waals surface area contributed by atoms with Gasteiger partial charge < -0.3 is 15.7 Å². The van der Waals surface area contributed by atoms with Crippen LogP contribution in [0.15, 0.2) is 0 Å². The Morgan fingerprint density at radius 2 is 2.06 bits per heavy atom. The van der Waals surface area contributed by atoms with E-state index in [2.05, 4.69) is 16.0 Å². The zero-order valence-electron chi connectivity index (χ0n) is 10.6. The van der Waals surface area contributed by atoms with Crippen LogP contribution >= 0.6 is 0 Å². The Bertz CT molecular complexity index is 342. The predicted molar refractivity (Wildman–Crippen MR) is 63.9 cm³/mol. The molecule has 0 aromatic rings. The largest absolute Gasteiger partial charge is 0.480 e. The molecule has 2 amide bonds. The van der Waals surface area contributed by atoms with Gasteiger partial charge in [0.1, 0.15) is 11.6 Å².